The number of aromatic nitrogens is 2. The van der Waals surface area contributed by atoms with Gasteiger partial charge in [-0.2, -0.15) is 0 Å². The van der Waals surface area contributed by atoms with E-state index in [0.717, 1.165) is 6.42 Å². The summed E-state index contributed by atoms with van der Waals surface area (Å²) in [5.41, 5.74) is 0.412. The van der Waals surface area contributed by atoms with Gasteiger partial charge in [0.15, 0.2) is 0 Å². The Balaban J connectivity index is 1.90. The van der Waals surface area contributed by atoms with Gasteiger partial charge in [-0.05, 0) is 24.1 Å². The molecule has 2 amide bonds. The number of halogens is 1. The van der Waals surface area contributed by atoms with Gasteiger partial charge < -0.3 is 15.1 Å². The van der Waals surface area contributed by atoms with Gasteiger partial charge in [0, 0.05) is 19.5 Å². The van der Waals surface area contributed by atoms with E-state index in [1.54, 1.807) is 0 Å². The van der Waals surface area contributed by atoms with Crippen LogP contribution < -0.4 is 10.6 Å². The standard InChI is InChI=1S/C15H19FN4O4S/c1-2-8-17-14(21)18-9-7-13-19-20-15(24-13)25(22,23)10-11-3-5-12(16)6-4-11/h3-6H,2,7-10H2,1H3,(H2,17,18,21). The number of amides is 2. The molecule has 0 unspecified atom stereocenters. The van der Waals surface area contributed by atoms with Crippen LogP contribution in [0.2, 0.25) is 0 Å². The second-order valence-corrected chi connectivity index (χ2v) is 7.15. The molecule has 25 heavy (non-hydrogen) atoms. The van der Waals surface area contributed by atoms with Crippen molar-refractivity contribution in [3.63, 3.8) is 0 Å². The molecule has 136 valence electrons. The van der Waals surface area contributed by atoms with E-state index in [-0.39, 0.29) is 30.6 Å². The number of rotatable bonds is 8. The van der Waals surface area contributed by atoms with Crippen LogP contribution in [-0.2, 0) is 22.0 Å². The van der Waals surface area contributed by atoms with Gasteiger partial charge in [-0.25, -0.2) is 17.6 Å². The van der Waals surface area contributed by atoms with Crippen molar-refractivity contribution in [3.8, 4) is 0 Å². The summed E-state index contributed by atoms with van der Waals surface area (Å²) < 4.78 is 42.5. The summed E-state index contributed by atoms with van der Waals surface area (Å²) in [6.07, 6.45) is 1.03. The minimum absolute atomic E-state index is 0.105. The lowest BCUT2D eigenvalue weighted by atomic mass is 10.2. The number of hydrogen-bond acceptors (Lipinski definition) is 6. The summed E-state index contributed by atoms with van der Waals surface area (Å²) >= 11 is 0. The maximum atomic E-state index is 12.9. The molecule has 0 bridgehead atoms. The lowest BCUT2D eigenvalue weighted by Gasteiger charge is -2.04. The Morgan fingerprint density at radius 1 is 1.16 bits per heavy atom. The summed E-state index contributed by atoms with van der Waals surface area (Å²) in [6, 6.07) is 4.80. The van der Waals surface area contributed by atoms with Crippen molar-refractivity contribution in [2.45, 2.75) is 30.7 Å². The third kappa shape index (κ3) is 5.82. The van der Waals surface area contributed by atoms with Crippen molar-refractivity contribution in [1.82, 2.24) is 20.8 Å². The second kappa shape index (κ2) is 8.56. The van der Waals surface area contributed by atoms with Crippen molar-refractivity contribution in [1.29, 1.82) is 0 Å². The number of hydrogen-bond donors (Lipinski definition) is 2. The second-order valence-electron chi connectivity index (χ2n) is 5.28. The number of carbonyl (C=O) groups is 1. The van der Waals surface area contributed by atoms with Gasteiger partial charge in [-0.3, -0.25) is 0 Å². The van der Waals surface area contributed by atoms with Crippen molar-refractivity contribution in [2.75, 3.05) is 13.1 Å². The molecule has 0 aliphatic rings. The Labute approximate surface area is 144 Å². The molecule has 2 aromatic rings. The molecule has 0 radical (unpaired) electrons. The van der Waals surface area contributed by atoms with Gasteiger partial charge in [-0.15, -0.1) is 5.10 Å². The first-order valence-electron chi connectivity index (χ1n) is 7.72. The molecular formula is C15H19FN4O4S. The fourth-order valence-corrected chi connectivity index (χ4v) is 3.05. The van der Waals surface area contributed by atoms with Crippen molar-refractivity contribution in [3.05, 3.63) is 41.5 Å². The Bertz CT molecular complexity index is 805. The highest BCUT2D eigenvalue weighted by Gasteiger charge is 2.23. The molecule has 2 rings (SSSR count). The molecule has 0 atom stereocenters. The van der Waals surface area contributed by atoms with E-state index >= 15 is 0 Å². The summed E-state index contributed by atoms with van der Waals surface area (Å²) in [7, 11) is -3.82. The van der Waals surface area contributed by atoms with E-state index in [1.807, 2.05) is 6.92 Å². The number of nitrogens with one attached hydrogen (secondary N) is 2. The fourth-order valence-electron chi connectivity index (χ4n) is 1.91. The Morgan fingerprint density at radius 3 is 2.52 bits per heavy atom. The summed E-state index contributed by atoms with van der Waals surface area (Å²) in [5, 5.41) is 12.0. The average Bonchev–Trinajstić information content (AvgIpc) is 3.05. The molecule has 10 heteroatoms. The molecule has 1 heterocycles. The largest absolute Gasteiger partial charge is 0.412 e. The van der Waals surface area contributed by atoms with Crippen LogP contribution in [0.1, 0.15) is 24.8 Å². The topological polar surface area (TPSA) is 114 Å². The number of carbonyl (C=O) groups excluding carboxylic acids is 1. The third-order valence-electron chi connectivity index (χ3n) is 3.14. The van der Waals surface area contributed by atoms with E-state index in [9.17, 15) is 17.6 Å². The van der Waals surface area contributed by atoms with E-state index in [0.29, 0.717) is 12.1 Å². The molecule has 0 fully saturated rings. The first kappa shape index (κ1) is 18.8. The zero-order chi connectivity index (χ0) is 18.3. The van der Waals surface area contributed by atoms with E-state index in [1.165, 1.54) is 24.3 Å². The first-order valence-corrected chi connectivity index (χ1v) is 9.37. The highest BCUT2D eigenvalue weighted by molar-refractivity contribution is 7.90. The number of sulfone groups is 1. The lowest BCUT2D eigenvalue weighted by molar-refractivity contribution is 0.240. The molecule has 0 saturated carbocycles. The number of urea groups is 1. The van der Waals surface area contributed by atoms with Crippen LogP contribution in [0, 0.1) is 5.82 Å². The highest BCUT2D eigenvalue weighted by atomic mass is 32.2. The third-order valence-corrected chi connectivity index (χ3v) is 4.55. The predicted molar refractivity (Wildman–Crippen MR) is 87.0 cm³/mol. The first-order chi connectivity index (χ1) is 11.9. The van der Waals surface area contributed by atoms with Gasteiger partial charge in [0.05, 0.1) is 5.75 Å². The fraction of sp³-hybridized carbons (Fsp3) is 0.400. The minimum Gasteiger partial charge on any atom is -0.412 e. The van der Waals surface area contributed by atoms with Crippen LogP contribution in [0.15, 0.2) is 33.9 Å². The molecule has 1 aromatic carbocycles. The van der Waals surface area contributed by atoms with Gasteiger partial charge in [0.1, 0.15) is 5.82 Å². The van der Waals surface area contributed by atoms with Crippen molar-refractivity contribution < 1.29 is 22.0 Å². The monoisotopic (exact) mass is 370 g/mol. The van der Waals surface area contributed by atoms with Crippen LogP contribution >= 0.6 is 0 Å². The van der Waals surface area contributed by atoms with Crippen LogP contribution in [0.25, 0.3) is 0 Å². The zero-order valence-electron chi connectivity index (χ0n) is 13.7. The molecule has 0 saturated heterocycles. The molecule has 0 aliphatic heterocycles. The van der Waals surface area contributed by atoms with Crippen LogP contribution in [0.5, 0.6) is 0 Å². The van der Waals surface area contributed by atoms with Gasteiger partial charge >= 0.3 is 11.3 Å². The molecule has 8 nitrogen and oxygen atoms in total. The molecular weight excluding hydrogens is 351 g/mol. The summed E-state index contributed by atoms with van der Waals surface area (Å²) in [5.74, 6) is -0.711. The van der Waals surface area contributed by atoms with Crippen molar-refractivity contribution >= 4 is 15.9 Å². The van der Waals surface area contributed by atoms with Gasteiger partial charge in [0.25, 0.3) is 0 Å². The maximum Gasteiger partial charge on any atom is 0.335 e. The smallest absolute Gasteiger partial charge is 0.335 e. The maximum absolute atomic E-state index is 12.9. The minimum atomic E-state index is -3.82. The van der Waals surface area contributed by atoms with Crippen LogP contribution in [-0.4, -0.2) is 37.7 Å². The van der Waals surface area contributed by atoms with Crippen LogP contribution in [0.3, 0.4) is 0 Å². The predicted octanol–water partition coefficient (Wildman–Crippen LogP) is 1.43. The summed E-state index contributed by atoms with van der Waals surface area (Å²) in [6.45, 7) is 2.74. The molecule has 0 spiro atoms. The molecule has 1 aromatic heterocycles. The van der Waals surface area contributed by atoms with E-state index in [4.69, 9.17) is 4.42 Å². The average molecular weight is 370 g/mol. The van der Waals surface area contributed by atoms with Crippen molar-refractivity contribution in [2.24, 2.45) is 0 Å². The lowest BCUT2D eigenvalue weighted by Crippen LogP contribution is -2.36. The number of nitrogens with zero attached hydrogens (tertiary/aromatic N) is 2. The molecule has 0 aliphatic carbocycles. The van der Waals surface area contributed by atoms with Crippen LogP contribution in [0.4, 0.5) is 9.18 Å². The Morgan fingerprint density at radius 2 is 1.84 bits per heavy atom. The highest BCUT2D eigenvalue weighted by Crippen LogP contribution is 2.15. The normalized spacial score (nSPS) is 11.3. The van der Waals surface area contributed by atoms with Gasteiger partial charge in [0.2, 0.25) is 15.7 Å². The SMILES string of the molecule is CCCNC(=O)NCCc1nnc(S(=O)(=O)Cc2ccc(F)cc2)o1. The number of benzene rings is 1. The summed E-state index contributed by atoms with van der Waals surface area (Å²) in [4.78, 5) is 11.4. The van der Waals surface area contributed by atoms with E-state index in [2.05, 4.69) is 20.8 Å². The zero-order valence-corrected chi connectivity index (χ0v) is 14.5. The van der Waals surface area contributed by atoms with Gasteiger partial charge in [-0.1, -0.05) is 24.2 Å². The quantitative estimate of drug-likeness (QED) is 0.727. The Hall–Kier alpha value is -2.49. The van der Waals surface area contributed by atoms with E-state index < -0.39 is 20.9 Å². The molecule has 2 N–H and O–H groups in total. The Kier molecular flexibility index (Phi) is 6.45.